The fraction of sp³-hybridized carbons (Fsp3) is 0.667. The van der Waals surface area contributed by atoms with E-state index >= 15 is 0 Å². The Morgan fingerprint density at radius 1 is 1.29 bits per heavy atom. The first-order valence-electron chi connectivity index (χ1n) is 9.92. The average molecular weight is 413 g/mol. The van der Waals surface area contributed by atoms with Crippen molar-refractivity contribution in [1.29, 1.82) is 0 Å². The monoisotopic (exact) mass is 412 g/mol. The molecular weight excluding hydrogens is 380 g/mol. The molecule has 0 spiro atoms. The highest BCUT2D eigenvalue weighted by Crippen LogP contribution is 2.44. The molecule has 2 N–H and O–H groups in total. The zero-order valence-corrected chi connectivity index (χ0v) is 17.9. The standard InChI is InChI=1S/C21H32N2O4.ClH/c1-15(16-7-8-18(19(12-16)26-3)27-11-10-25-2)23-20(24)21-9-5-4-6-17(21)13-22-14-21;/h7-8,12,15,17,22H,4-6,9-11,13-14H2,1-3H3,(H,23,24);1H/t15?,17-,21+;/m0./s1. The van der Waals surface area contributed by atoms with Gasteiger partial charge in [0.25, 0.3) is 0 Å². The molecule has 0 radical (unpaired) electrons. The van der Waals surface area contributed by atoms with Crippen LogP contribution in [0.1, 0.15) is 44.2 Å². The molecule has 1 aromatic rings. The summed E-state index contributed by atoms with van der Waals surface area (Å²) in [5, 5.41) is 6.70. The first kappa shape index (κ1) is 22.8. The van der Waals surface area contributed by atoms with E-state index in [4.69, 9.17) is 14.2 Å². The van der Waals surface area contributed by atoms with Crippen molar-refractivity contribution in [1.82, 2.24) is 10.6 Å². The molecule has 6 nitrogen and oxygen atoms in total. The highest BCUT2D eigenvalue weighted by Gasteiger charge is 2.49. The molecule has 0 aromatic heterocycles. The quantitative estimate of drug-likeness (QED) is 0.642. The number of hydrogen-bond donors (Lipinski definition) is 2. The molecule has 1 aliphatic heterocycles. The van der Waals surface area contributed by atoms with Crippen LogP contribution >= 0.6 is 12.4 Å². The number of benzene rings is 1. The number of carbonyl (C=O) groups is 1. The minimum atomic E-state index is -0.236. The predicted octanol–water partition coefficient (Wildman–Crippen LogP) is 3.10. The fourth-order valence-electron chi connectivity index (χ4n) is 4.42. The van der Waals surface area contributed by atoms with Gasteiger partial charge in [0.15, 0.2) is 11.5 Å². The Hall–Kier alpha value is -1.50. The van der Waals surface area contributed by atoms with Crippen molar-refractivity contribution in [2.75, 3.05) is 40.5 Å². The van der Waals surface area contributed by atoms with Gasteiger partial charge < -0.3 is 24.8 Å². The Morgan fingerprint density at radius 2 is 2.11 bits per heavy atom. The first-order chi connectivity index (χ1) is 13.1. The smallest absolute Gasteiger partial charge is 0.228 e. The summed E-state index contributed by atoms with van der Waals surface area (Å²) < 4.78 is 16.2. The summed E-state index contributed by atoms with van der Waals surface area (Å²) in [4.78, 5) is 13.2. The fourth-order valence-corrected chi connectivity index (χ4v) is 4.42. The van der Waals surface area contributed by atoms with E-state index in [0.29, 0.717) is 30.6 Å². The highest BCUT2D eigenvalue weighted by atomic mass is 35.5. The Morgan fingerprint density at radius 3 is 2.86 bits per heavy atom. The van der Waals surface area contributed by atoms with Gasteiger partial charge in [0.1, 0.15) is 6.61 Å². The average Bonchev–Trinajstić information content (AvgIpc) is 3.13. The lowest BCUT2D eigenvalue weighted by molar-refractivity contribution is -0.134. The van der Waals surface area contributed by atoms with Gasteiger partial charge in [0.2, 0.25) is 5.91 Å². The van der Waals surface area contributed by atoms with Crippen molar-refractivity contribution in [3.63, 3.8) is 0 Å². The van der Waals surface area contributed by atoms with E-state index < -0.39 is 0 Å². The molecule has 1 aliphatic carbocycles. The second kappa shape index (κ2) is 10.3. The van der Waals surface area contributed by atoms with E-state index in [0.717, 1.165) is 37.9 Å². The van der Waals surface area contributed by atoms with E-state index in [1.807, 2.05) is 25.1 Å². The van der Waals surface area contributed by atoms with E-state index in [1.54, 1.807) is 14.2 Å². The molecule has 3 rings (SSSR count). The zero-order valence-electron chi connectivity index (χ0n) is 17.1. The topological polar surface area (TPSA) is 68.8 Å². The summed E-state index contributed by atoms with van der Waals surface area (Å²) in [7, 11) is 3.27. The summed E-state index contributed by atoms with van der Waals surface area (Å²) in [6.45, 7) is 4.77. The van der Waals surface area contributed by atoms with Gasteiger partial charge in [-0.3, -0.25) is 4.79 Å². The van der Waals surface area contributed by atoms with Crippen LogP contribution in [-0.4, -0.2) is 46.4 Å². The van der Waals surface area contributed by atoms with Gasteiger partial charge in [-0.05, 0) is 49.9 Å². The zero-order chi connectivity index (χ0) is 19.3. The molecule has 1 aromatic carbocycles. The van der Waals surface area contributed by atoms with E-state index in [9.17, 15) is 4.79 Å². The number of fused-ring (bicyclic) bond motifs is 1. The van der Waals surface area contributed by atoms with Crippen LogP contribution in [-0.2, 0) is 9.53 Å². The maximum absolute atomic E-state index is 13.2. The third kappa shape index (κ3) is 4.73. The minimum absolute atomic E-state index is 0. The number of rotatable bonds is 8. The normalized spacial score (nSPS) is 24.6. The van der Waals surface area contributed by atoms with Gasteiger partial charge >= 0.3 is 0 Å². The Kier molecular flexibility index (Phi) is 8.40. The van der Waals surface area contributed by atoms with Crippen molar-refractivity contribution in [2.45, 2.75) is 38.6 Å². The SMILES string of the molecule is COCCOc1ccc(C(C)NC(=O)[C@@]23CCCC[C@H]2CNC3)cc1OC.Cl. The third-order valence-electron chi connectivity index (χ3n) is 6.07. The van der Waals surface area contributed by atoms with Gasteiger partial charge in [0.05, 0.1) is 25.2 Å². The number of nitrogens with one attached hydrogen (secondary N) is 2. The maximum Gasteiger partial charge on any atom is 0.228 e. The van der Waals surface area contributed by atoms with Crippen LogP contribution in [0.4, 0.5) is 0 Å². The highest BCUT2D eigenvalue weighted by molar-refractivity contribution is 5.85. The maximum atomic E-state index is 13.2. The third-order valence-corrected chi connectivity index (χ3v) is 6.07. The van der Waals surface area contributed by atoms with Crippen LogP contribution in [0.25, 0.3) is 0 Å². The lowest BCUT2D eigenvalue weighted by Crippen LogP contribution is -2.48. The summed E-state index contributed by atoms with van der Waals surface area (Å²) in [6.07, 6.45) is 4.51. The summed E-state index contributed by atoms with van der Waals surface area (Å²) in [5.41, 5.74) is 0.772. The van der Waals surface area contributed by atoms with E-state index in [-0.39, 0.29) is 29.8 Å². The molecule has 2 aliphatic rings. The minimum Gasteiger partial charge on any atom is -0.493 e. The van der Waals surface area contributed by atoms with Crippen LogP contribution in [0.3, 0.4) is 0 Å². The van der Waals surface area contributed by atoms with E-state index in [1.165, 1.54) is 6.42 Å². The van der Waals surface area contributed by atoms with Crippen molar-refractivity contribution >= 4 is 18.3 Å². The summed E-state index contributed by atoms with van der Waals surface area (Å²) >= 11 is 0. The molecule has 158 valence electrons. The van der Waals surface area contributed by atoms with Crippen molar-refractivity contribution < 1.29 is 19.0 Å². The Bertz CT molecular complexity index is 657. The number of ether oxygens (including phenoxy) is 3. The predicted molar refractivity (Wildman–Crippen MR) is 111 cm³/mol. The molecule has 1 saturated carbocycles. The number of methoxy groups -OCH3 is 2. The lowest BCUT2D eigenvalue weighted by Gasteiger charge is -2.38. The molecule has 1 saturated heterocycles. The molecule has 0 bridgehead atoms. The number of halogens is 1. The van der Waals surface area contributed by atoms with E-state index in [2.05, 4.69) is 10.6 Å². The van der Waals surface area contributed by atoms with Crippen molar-refractivity contribution in [3.8, 4) is 11.5 Å². The van der Waals surface area contributed by atoms with Crippen molar-refractivity contribution in [3.05, 3.63) is 23.8 Å². The number of amides is 1. The molecule has 7 heteroatoms. The number of carbonyl (C=O) groups excluding carboxylic acids is 1. The molecule has 2 fully saturated rings. The van der Waals surface area contributed by atoms with Gasteiger partial charge in [-0.15, -0.1) is 12.4 Å². The molecule has 1 amide bonds. The number of hydrogen-bond acceptors (Lipinski definition) is 5. The largest absolute Gasteiger partial charge is 0.493 e. The van der Waals surface area contributed by atoms with Gasteiger partial charge in [0, 0.05) is 13.7 Å². The van der Waals surface area contributed by atoms with Gasteiger partial charge in [-0.1, -0.05) is 18.9 Å². The van der Waals surface area contributed by atoms with Crippen LogP contribution in [0.5, 0.6) is 11.5 Å². The molecule has 1 unspecified atom stereocenters. The van der Waals surface area contributed by atoms with Crippen LogP contribution in [0, 0.1) is 11.3 Å². The second-order valence-corrected chi connectivity index (χ2v) is 7.68. The Labute approximate surface area is 174 Å². The summed E-state index contributed by atoms with van der Waals surface area (Å²) in [5.74, 6) is 2.00. The van der Waals surface area contributed by atoms with Crippen LogP contribution < -0.4 is 20.1 Å². The van der Waals surface area contributed by atoms with Gasteiger partial charge in [-0.25, -0.2) is 0 Å². The Balaban J connectivity index is 0.00000280. The van der Waals surface area contributed by atoms with Crippen LogP contribution in [0.15, 0.2) is 18.2 Å². The van der Waals surface area contributed by atoms with Gasteiger partial charge in [-0.2, -0.15) is 0 Å². The second-order valence-electron chi connectivity index (χ2n) is 7.68. The van der Waals surface area contributed by atoms with Crippen LogP contribution in [0.2, 0.25) is 0 Å². The molecular formula is C21H33ClN2O4. The molecule has 3 atom stereocenters. The molecule has 28 heavy (non-hydrogen) atoms. The lowest BCUT2D eigenvalue weighted by atomic mass is 9.67. The van der Waals surface area contributed by atoms with Crippen molar-refractivity contribution in [2.24, 2.45) is 11.3 Å². The molecule has 1 heterocycles. The first-order valence-corrected chi connectivity index (χ1v) is 9.92. The summed E-state index contributed by atoms with van der Waals surface area (Å²) in [6, 6.07) is 5.73.